The van der Waals surface area contributed by atoms with Crippen LogP contribution < -0.4 is 4.74 Å². The maximum Gasteiger partial charge on any atom is 0.335 e. The minimum atomic E-state index is -0.925. The van der Waals surface area contributed by atoms with Crippen molar-refractivity contribution in [2.75, 3.05) is 0 Å². The molecule has 20 heavy (non-hydrogen) atoms. The van der Waals surface area contributed by atoms with E-state index in [-0.39, 0.29) is 11.7 Å². The number of nitrogens with zero attached hydrogens (tertiary/aromatic N) is 1. The molecule has 1 aromatic rings. The summed E-state index contributed by atoms with van der Waals surface area (Å²) in [5, 5.41) is 9.18. The van der Waals surface area contributed by atoms with E-state index in [1.165, 1.54) is 19.3 Å². The third-order valence-corrected chi connectivity index (χ3v) is 3.91. The average Bonchev–Trinajstić information content (AvgIpc) is 2.41. The number of aromatic carboxylic acids is 1. The van der Waals surface area contributed by atoms with Crippen LogP contribution in [0.15, 0.2) is 12.1 Å². The standard InChI is InChI=1S/C16H23NO3/c1-3-6-13-9-12(16(18)19)10-15(17-13)20-14-8-5-4-7-11(14)2/h9-11,14H,3-8H2,1-2H3,(H,18,19). The van der Waals surface area contributed by atoms with E-state index in [1.54, 1.807) is 12.1 Å². The fourth-order valence-electron chi connectivity index (χ4n) is 2.74. The zero-order chi connectivity index (χ0) is 14.5. The first kappa shape index (κ1) is 14.8. The summed E-state index contributed by atoms with van der Waals surface area (Å²) in [4.78, 5) is 15.6. The van der Waals surface area contributed by atoms with Crippen LogP contribution in [0.1, 0.15) is 62.0 Å². The second-order valence-corrected chi connectivity index (χ2v) is 5.66. The van der Waals surface area contributed by atoms with Gasteiger partial charge in [0, 0.05) is 11.8 Å². The Hall–Kier alpha value is -1.58. The number of aromatic nitrogens is 1. The van der Waals surface area contributed by atoms with Crippen molar-refractivity contribution < 1.29 is 14.6 Å². The van der Waals surface area contributed by atoms with Gasteiger partial charge in [-0.05, 0) is 37.7 Å². The van der Waals surface area contributed by atoms with Crippen LogP contribution in [0.25, 0.3) is 0 Å². The Bertz CT molecular complexity index is 473. The van der Waals surface area contributed by atoms with Crippen LogP contribution in [0.5, 0.6) is 5.88 Å². The number of carboxylic acids is 1. The van der Waals surface area contributed by atoms with Crippen LogP contribution in [-0.4, -0.2) is 22.2 Å². The second-order valence-electron chi connectivity index (χ2n) is 5.66. The Balaban J connectivity index is 2.18. The van der Waals surface area contributed by atoms with Gasteiger partial charge in [-0.15, -0.1) is 0 Å². The van der Waals surface area contributed by atoms with Crippen LogP contribution in [0, 0.1) is 5.92 Å². The van der Waals surface area contributed by atoms with Crippen molar-refractivity contribution in [2.24, 2.45) is 5.92 Å². The third kappa shape index (κ3) is 3.71. The van der Waals surface area contributed by atoms with Crippen molar-refractivity contribution in [3.8, 4) is 5.88 Å². The molecule has 1 aliphatic carbocycles. The Kier molecular flexibility index (Phi) is 4.99. The number of ether oxygens (including phenoxy) is 1. The zero-order valence-corrected chi connectivity index (χ0v) is 12.3. The molecule has 0 bridgehead atoms. The lowest BCUT2D eigenvalue weighted by molar-refractivity contribution is 0.0692. The molecule has 2 unspecified atom stereocenters. The highest BCUT2D eigenvalue weighted by Crippen LogP contribution is 2.28. The quantitative estimate of drug-likeness (QED) is 0.891. The van der Waals surface area contributed by atoms with Crippen LogP contribution in [0.2, 0.25) is 0 Å². The molecule has 1 aliphatic rings. The van der Waals surface area contributed by atoms with Crippen molar-refractivity contribution in [3.63, 3.8) is 0 Å². The van der Waals surface area contributed by atoms with Gasteiger partial charge in [0.05, 0.1) is 5.56 Å². The van der Waals surface area contributed by atoms with E-state index in [9.17, 15) is 9.90 Å². The average molecular weight is 277 g/mol. The van der Waals surface area contributed by atoms with Crippen LogP contribution in [-0.2, 0) is 6.42 Å². The van der Waals surface area contributed by atoms with Crippen molar-refractivity contribution in [2.45, 2.75) is 58.5 Å². The van der Waals surface area contributed by atoms with Gasteiger partial charge in [0.15, 0.2) is 0 Å². The van der Waals surface area contributed by atoms with Gasteiger partial charge in [-0.2, -0.15) is 0 Å². The van der Waals surface area contributed by atoms with E-state index in [2.05, 4.69) is 18.8 Å². The summed E-state index contributed by atoms with van der Waals surface area (Å²) in [6, 6.07) is 3.19. The highest BCUT2D eigenvalue weighted by molar-refractivity contribution is 5.88. The van der Waals surface area contributed by atoms with Gasteiger partial charge >= 0.3 is 5.97 Å². The van der Waals surface area contributed by atoms with Gasteiger partial charge in [-0.1, -0.05) is 26.7 Å². The van der Waals surface area contributed by atoms with Crippen molar-refractivity contribution >= 4 is 5.97 Å². The molecule has 110 valence electrons. The Labute approximate surface area is 120 Å². The molecule has 0 saturated heterocycles. The Morgan fingerprint density at radius 3 is 2.80 bits per heavy atom. The maximum atomic E-state index is 11.2. The van der Waals surface area contributed by atoms with Crippen molar-refractivity contribution in [1.82, 2.24) is 4.98 Å². The molecule has 1 heterocycles. The highest BCUT2D eigenvalue weighted by atomic mass is 16.5. The maximum absolute atomic E-state index is 11.2. The number of aryl methyl sites for hydroxylation is 1. The fraction of sp³-hybridized carbons (Fsp3) is 0.625. The molecule has 1 saturated carbocycles. The summed E-state index contributed by atoms with van der Waals surface area (Å²) >= 11 is 0. The monoisotopic (exact) mass is 277 g/mol. The molecule has 1 fully saturated rings. The van der Waals surface area contributed by atoms with E-state index in [1.807, 2.05) is 0 Å². The number of carbonyl (C=O) groups is 1. The molecule has 0 spiro atoms. The first-order valence-corrected chi connectivity index (χ1v) is 7.51. The number of carboxylic acid groups (broad SMARTS) is 1. The predicted molar refractivity (Wildman–Crippen MR) is 77.2 cm³/mol. The molecule has 0 radical (unpaired) electrons. The topological polar surface area (TPSA) is 59.4 Å². The SMILES string of the molecule is CCCc1cc(C(=O)O)cc(OC2CCCCC2C)n1. The third-order valence-electron chi connectivity index (χ3n) is 3.91. The lowest BCUT2D eigenvalue weighted by Crippen LogP contribution is -2.28. The molecule has 4 heteroatoms. The molecule has 0 aliphatic heterocycles. The van der Waals surface area contributed by atoms with Gasteiger partial charge < -0.3 is 9.84 Å². The van der Waals surface area contributed by atoms with Crippen LogP contribution in [0.4, 0.5) is 0 Å². The fourth-order valence-corrected chi connectivity index (χ4v) is 2.74. The molecule has 0 amide bonds. The van der Waals surface area contributed by atoms with Gasteiger partial charge in [0.2, 0.25) is 5.88 Å². The molecule has 1 aromatic heterocycles. The number of hydrogen-bond acceptors (Lipinski definition) is 3. The first-order chi connectivity index (χ1) is 9.60. The Morgan fingerprint density at radius 1 is 1.40 bits per heavy atom. The zero-order valence-electron chi connectivity index (χ0n) is 12.3. The summed E-state index contributed by atoms with van der Waals surface area (Å²) in [5.74, 6) is 0.0482. The number of hydrogen-bond donors (Lipinski definition) is 1. The van der Waals surface area contributed by atoms with Gasteiger partial charge in [0.25, 0.3) is 0 Å². The Morgan fingerprint density at radius 2 is 2.15 bits per heavy atom. The lowest BCUT2D eigenvalue weighted by atomic mass is 9.88. The molecular formula is C16H23NO3. The number of pyridine rings is 1. The van der Waals surface area contributed by atoms with E-state index in [0.29, 0.717) is 11.8 Å². The largest absolute Gasteiger partial charge is 0.478 e. The molecule has 1 N–H and O–H groups in total. The van der Waals surface area contributed by atoms with E-state index >= 15 is 0 Å². The van der Waals surface area contributed by atoms with Crippen LogP contribution >= 0.6 is 0 Å². The number of rotatable bonds is 5. The van der Waals surface area contributed by atoms with Crippen molar-refractivity contribution in [1.29, 1.82) is 0 Å². The molecule has 0 aromatic carbocycles. The normalized spacial score (nSPS) is 22.5. The minimum Gasteiger partial charge on any atom is -0.478 e. The molecule has 2 rings (SSSR count). The van der Waals surface area contributed by atoms with E-state index in [4.69, 9.17) is 4.74 Å². The van der Waals surface area contributed by atoms with Gasteiger partial charge in [0.1, 0.15) is 6.10 Å². The summed E-state index contributed by atoms with van der Waals surface area (Å²) in [6.45, 7) is 4.25. The van der Waals surface area contributed by atoms with Gasteiger partial charge in [-0.3, -0.25) is 0 Å². The van der Waals surface area contributed by atoms with Gasteiger partial charge in [-0.25, -0.2) is 9.78 Å². The first-order valence-electron chi connectivity index (χ1n) is 7.51. The predicted octanol–water partition coefficient (Wildman–Crippen LogP) is 3.69. The summed E-state index contributed by atoms with van der Waals surface area (Å²) in [6.07, 6.45) is 6.51. The molecule has 2 atom stereocenters. The second kappa shape index (κ2) is 6.73. The summed E-state index contributed by atoms with van der Waals surface area (Å²) in [7, 11) is 0. The van der Waals surface area contributed by atoms with Crippen molar-refractivity contribution in [3.05, 3.63) is 23.4 Å². The van der Waals surface area contributed by atoms with Crippen LogP contribution in [0.3, 0.4) is 0 Å². The minimum absolute atomic E-state index is 0.162. The highest BCUT2D eigenvalue weighted by Gasteiger charge is 2.23. The summed E-state index contributed by atoms with van der Waals surface area (Å²) in [5.41, 5.74) is 1.06. The smallest absolute Gasteiger partial charge is 0.335 e. The van der Waals surface area contributed by atoms with E-state index < -0.39 is 5.97 Å². The summed E-state index contributed by atoms with van der Waals surface area (Å²) < 4.78 is 5.97. The molecule has 4 nitrogen and oxygen atoms in total. The molecular weight excluding hydrogens is 254 g/mol. The van der Waals surface area contributed by atoms with E-state index in [0.717, 1.165) is 25.0 Å². The lowest BCUT2D eigenvalue weighted by Gasteiger charge is -2.29.